The standard InChI is InChI=1S/C55H95NO8/c1-3-5-7-9-11-13-14-15-16-17-18-19-20-21-22-23-24-25-26-27-28-29-30-31-32-33-34-35-36-37-39-41-43-45-51(59)56-48(49(58)44-42-40-38-12-10-8-6-4-2)47-63-55-54(62)53(61)52(60)50(46-57)64-55/h5,7,10-13,15-16,18-19,21-22,42,44,48-50,52-55,57-58,60-62H,3-4,6,8-9,14,17,20,23-41,43,45-47H2,1-2H3,(H,56,59)/b7-5-,12-10+,13-11-,16-15-,19-18-,22-21-,44-42+. The largest absolute Gasteiger partial charge is 0.394 e. The van der Waals surface area contributed by atoms with E-state index in [1.807, 2.05) is 6.08 Å². The molecule has 1 heterocycles. The number of nitrogens with one attached hydrogen (secondary N) is 1. The Bertz CT molecular complexity index is 1270. The summed E-state index contributed by atoms with van der Waals surface area (Å²) in [4.78, 5) is 12.9. The second kappa shape index (κ2) is 44.2. The number of carbonyl (C=O) groups excluding carboxylic acids is 1. The number of unbranched alkanes of at least 4 members (excludes halogenated alkanes) is 20. The van der Waals surface area contributed by atoms with Crippen LogP contribution in [0, 0.1) is 0 Å². The van der Waals surface area contributed by atoms with Gasteiger partial charge >= 0.3 is 0 Å². The third-order valence-corrected chi connectivity index (χ3v) is 11.7. The van der Waals surface area contributed by atoms with Crippen LogP contribution >= 0.6 is 0 Å². The van der Waals surface area contributed by atoms with Crippen LogP contribution in [0.3, 0.4) is 0 Å². The Morgan fingerprint density at radius 1 is 0.547 bits per heavy atom. The maximum Gasteiger partial charge on any atom is 0.220 e. The van der Waals surface area contributed by atoms with Gasteiger partial charge in [-0.05, 0) is 70.6 Å². The first-order valence-corrected chi connectivity index (χ1v) is 25.8. The number of allylic oxidation sites excluding steroid dienone is 13. The second-order valence-electron chi connectivity index (χ2n) is 17.6. The number of carbonyl (C=O) groups is 1. The molecule has 9 heteroatoms. The molecular formula is C55H95NO8. The molecule has 0 aromatic carbocycles. The fourth-order valence-corrected chi connectivity index (χ4v) is 7.60. The number of ether oxygens (including phenoxy) is 2. The van der Waals surface area contributed by atoms with Crippen LogP contribution in [0.2, 0.25) is 0 Å². The highest BCUT2D eigenvalue weighted by Gasteiger charge is 2.44. The van der Waals surface area contributed by atoms with E-state index in [1.165, 1.54) is 96.3 Å². The normalized spacial score (nSPS) is 20.8. The van der Waals surface area contributed by atoms with Crippen LogP contribution < -0.4 is 5.32 Å². The minimum absolute atomic E-state index is 0.193. The molecule has 0 spiro atoms. The first-order chi connectivity index (χ1) is 31.3. The molecule has 0 aromatic heterocycles. The average Bonchev–Trinajstić information content (AvgIpc) is 3.29. The van der Waals surface area contributed by atoms with Crippen molar-refractivity contribution in [3.05, 3.63) is 85.1 Å². The number of aliphatic hydroxyl groups excluding tert-OH is 5. The number of hydrogen-bond acceptors (Lipinski definition) is 8. The van der Waals surface area contributed by atoms with E-state index in [4.69, 9.17) is 9.47 Å². The van der Waals surface area contributed by atoms with Gasteiger partial charge in [0.25, 0.3) is 0 Å². The second-order valence-corrected chi connectivity index (χ2v) is 17.6. The molecule has 0 aromatic rings. The van der Waals surface area contributed by atoms with Crippen molar-refractivity contribution in [2.75, 3.05) is 13.2 Å². The fourth-order valence-electron chi connectivity index (χ4n) is 7.60. The van der Waals surface area contributed by atoms with Gasteiger partial charge < -0.3 is 40.3 Å². The monoisotopic (exact) mass is 898 g/mol. The Hall–Kier alpha value is -2.63. The topological polar surface area (TPSA) is 149 Å². The van der Waals surface area contributed by atoms with Crippen molar-refractivity contribution >= 4 is 5.91 Å². The van der Waals surface area contributed by atoms with Gasteiger partial charge in [0.1, 0.15) is 24.4 Å². The quantitative estimate of drug-likeness (QED) is 0.0262. The van der Waals surface area contributed by atoms with Gasteiger partial charge in [-0.2, -0.15) is 0 Å². The third-order valence-electron chi connectivity index (χ3n) is 11.7. The molecule has 7 atom stereocenters. The summed E-state index contributed by atoms with van der Waals surface area (Å²) in [6, 6.07) is -0.821. The van der Waals surface area contributed by atoms with Gasteiger partial charge in [0.15, 0.2) is 6.29 Å². The molecule has 1 amide bonds. The van der Waals surface area contributed by atoms with E-state index < -0.39 is 49.5 Å². The molecule has 368 valence electrons. The van der Waals surface area contributed by atoms with Crippen molar-refractivity contribution in [2.45, 2.75) is 243 Å². The van der Waals surface area contributed by atoms with Crippen molar-refractivity contribution in [3.8, 4) is 0 Å². The summed E-state index contributed by atoms with van der Waals surface area (Å²) in [5, 5.41) is 54.0. The van der Waals surface area contributed by atoms with E-state index in [-0.39, 0.29) is 12.5 Å². The molecule has 0 aliphatic carbocycles. The average molecular weight is 898 g/mol. The van der Waals surface area contributed by atoms with Gasteiger partial charge in [-0.15, -0.1) is 0 Å². The summed E-state index contributed by atoms with van der Waals surface area (Å²) in [7, 11) is 0. The lowest BCUT2D eigenvalue weighted by molar-refractivity contribution is -0.302. The fraction of sp³-hybridized carbons (Fsp3) is 0.727. The van der Waals surface area contributed by atoms with Gasteiger partial charge in [-0.25, -0.2) is 0 Å². The smallest absolute Gasteiger partial charge is 0.220 e. The highest BCUT2D eigenvalue weighted by Crippen LogP contribution is 2.22. The zero-order valence-electron chi connectivity index (χ0n) is 40.5. The minimum Gasteiger partial charge on any atom is -0.394 e. The van der Waals surface area contributed by atoms with Crippen molar-refractivity contribution in [1.29, 1.82) is 0 Å². The molecule has 1 aliphatic rings. The Kier molecular flexibility index (Phi) is 41.0. The first-order valence-electron chi connectivity index (χ1n) is 25.8. The number of rotatable bonds is 42. The minimum atomic E-state index is -1.57. The van der Waals surface area contributed by atoms with Gasteiger partial charge in [-0.3, -0.25) is 4.79 Å². The summed E-state index contributed by atoms with van der Waals surface area (Å²) in [5.41, 5.74) is 0. The van der Waals surface area contributed by atoms with Crippen molar-refractivity contribution in [3.63, 3.8) is 0 Å². The molecule has 7 unspecified atom stereocenters. The van der Waals surface area contributed by atoms with Gasteiger partial charge in [0.2, 0.25) is 5.91 Å². The SMILES string of the molecule is CC/C=C\C/C=C\C/C=C\C/C=C\C/C=C\CCCCCCCCCCCCCCCCCCCC(=O)NC(COC1OC(CO)C(O)C(O)C1O)C(O)/C=C/CC/C=C/CCCC. The van der Waals surface area contributed by atoms with Crippen LogP contribution in [0.1, 0.15) is 200 Å². The van der Waals surface area contributed by atoms with Crippen molar-refractivity contribution in [1.82, 2.24) is 5.32 Å². The predicted octanol–water partition coefficient (Wildman–Crippen LogP) is 11.9. The molecule has 6 N–H and O–H groups in total. The summed E-state index contributed by atoms with van der Waals surface area (Å²) in [6.45, 7) is 3.55. The number of hydrogen-bond donors (Lipinski definition) is 6. The van der Waals surface area contributed by atoms with E-state index >= 15 is 0 Å². The summed E-state index contributed by atoms with van der Waals surface area (Å²) < 4.78 is 11.2. The highest BCUT2D eigenvalue weighted by atomic mass is 16.7. The van der Waals surface area contributed by atoms with Gasteiger partial charge in [0.05, 0.1) is 25.4 Å². The lowest BCUT2D eigenvalue weighted by Crippen LogP contribution is -2.60. The molecule has 0 saturated carbocycles. The lowest BCUT2D eigenvalue weighted by atomic mass is 9.99. The van der Waals surface area contributed by atoms with Crippen molar-refractivity contribution in [2.24, 2.45) is 0 Å². The molecular weight excluding hydrogens is 803 g/mol. The van der Waals surface area contributed by atoms with Crippen LogP contribution in [0.4, 0.5) is 0 Å². The zero-order valence-corrected chi connectivity index (χ0v) is 40.5. The molecule has 9 nitrogen and oxygen atoms in total. The Labute approximate surface area is 391 Å². The van der Waals surface area contributed by atoms with Crippen LogP contribution in [-0.4, -0.2) is 87.5 Å². The Morgan fingerprint density at radius 2 is 0.984 bits per heavy atom. The van der Waals surface area contributed by atoms with Crippen LogP contribution in [-0.2, 0) is 14.3 Å². The molecule has 0 radical (unpaired) electrons. The Morgan fingerprint density at radius 3 is 1.50 bits per heavy atom. The maximum atomic E-state index is 12.9. The van der Waals surface area contributed by atoms with E-state index in [1.54, 1.807) is 6.08 Å². The van der Waals surface area contributed by atoms with E-state index in [2.05, 4.69) is 92.1 Å². The molecule has 1 saturated heterocycles. The highest BCUT2D eigenvalue weighted by molar-refractivity contribution is 5.76. The number of amides is 1. The third kappa shape index (κ3) is 33.8. The summed E-state index contributed by atoms with van der Waals surface area (Å²) in [5.74, 6) is -0.193. The van der Waals surface area contributed by atoms with E-state index in [9.17, 15) is 30.3 Å². The van der Waals surface area contributed by atoms with E-state index in [0.717, 1.165) is 83.5 Å². The molecule has 1 fully saturated rings. The maximum absolute atomic E-state index is 12.9. The summed E-state index contributed by atoms with van der Waals surface area (Å²) in [6.07, 6.45) is 55.4. The Balaban J connectivity index is 2.09. The molecule has 64 heavy (non-hydrogen) atoms. The van der Waals surface area contributed by atoms with E-state index in [0.29, 0.717) is 6.42 Å². The molecule has 1 aliphatic heterocycles. The molecule has 1 rings (SSSR count). The zero-order chi connectivity index (χ0) is 46.6. The lowest BCUT2D eigenvalue weighted by Gasteiger charge is -2.40. The van der Waals surface area contributed by atoms with Gasteiger partial charge in [0, 0.05) is 6.42 Å². The first kappa shape index (κ1) is 59.4. The predicted molar refractivity (Wildman–Crippen MR) is 267 cm³/mol. The molecule has 0 bridgehead atoms. The number of aliphatic hydroxyl groups is 5. The summed E-state index contributed by atoms with van der Waals surface area (Å²) >= 11 is 0. The van der Waals surface area contributed by atoms with Gasteiger partial charge in [-0.1, -0.05) is 208 Å². The van der Waals surface area contributed by atoms with Crippen LogP contribution in [0.15, 0.2) is 85.1 Å². The van der Waals surface area contributed by atoms with Crippen LogP contribution in [0.5, 0.6) is 0 Å². The van der Waals surface area contributed by atoms with Crippen LogP contribution in [0.25, 0.3) is 0 Å². The van der Waals surface area contributed by atoms with Crippen molar-refractivity contribution < 1.29 is 39.8 Å².